The lowest BCUT2D eigenvalue weighted by Crippen LogP contribution is -2.25. The van der Waals surface area contributed by atoms with Gasteiger partial charge in [-0.15, -0.1) is 0 Å². The molecule has 0 amide bonds. The molecule has 16 heavy (non-hydrogen) atoms. The lowest BCUT2D eigenvalue weighted by atomic mass is 10.0. The van der Waals surface area contributed by atoms with Gasteiger partial charge < -0.3 is 9.73 Å². The minimum atomic E-state index is 0.701. The highest BCUT2D eigenvalue weighted by molar-refractivity contribution is 5.20. The van der Waals surface area contributed by atoms with Crippen LogP contribution in [0.1, 0.15) is 42.8 Å². The van der Waals surface area contributed by atoms with Crippen molar-refractivity contribution in [1.29, 1.82) is 0 Å². The topological polar surface area (TPSA) is 25.2 Å². The normalized spacial score (nSPS) is 22.4. The molecule has 1 heterocycles. The molecule has 1 aromatic rings. The average molecular weight is 219 g/mol. The van der Waals surface area contributed by atoms with Gasteiger partial charge in [-0.2, -0.15) is 0 Å². The molecular formula is C14H21NO. The Morgan fingerprint density at radius 1 is 1.38 bits per heavy atom. The predicted molar refractivity (Wildman–Crippen MR) is 64.3 cm³/mol. The summed E-state index contributed by atoms with van der Waals surface area (Å²) in [6.45, 7) is 6.25. The summed E-state index contributed by atoms with van der Waals surface area (Å²) >= 11 is 0. The molecule has 0 aromatic carbocycles. The van der Waals surface area contributed by atoms with Crippen LogP contribution in [-0.4, -0.2) is 6.54 Å². The number of rotatable bonds is 5. The number of nitrogens with one attached hydrogen (secondary N) is 1. The van der Waals surface area contributed by atoms with Crippen LogP contribution in [0.15, 0.2) is 10.5 Å². The van der Waals surface area contributed by atoms with Crippen LogP contribution >= 0.6 is 0 Å². The third-order valence-corrected chi connectivity index (χ3v) is 4.27. The highest BCUT2D eigenvalue weighted by Crippen LogP contribution is 2.60. The van der Waals surface area contributed by atoms with Crippen molar-refractivity contribution in [2.45, 2.75) is 46.1 Å². The molecule has 1 N–H and O–H groups in total. The van der Waals surface area contributed by atoms with Gasteiger partial charge in [-0.3, -0.25) is 0 Å². The fourth-order valence-corrected chi connectivity index (χ4v) is 2.89. The number of aryl methyl sites for hydroxylation is 2. The van der Waals surface area contributed by atoms with Crippen LogP contribution in [0.5, 0.6) is 0 Å². The molecule has 2 nitrogen and oxygen atoms in total. The molecule has 88 valence electrons. The number of hydrogen-bond donors (Lipinski definition) is 1. The first kappa shape index (κ1) is 10.4. The molecule has 0 saturated heterocycles. The molecule has 1 aromatic heterocycles. The van der Waals surface area contributed by atoms with Crippen LogP contribution in [-0.2, 0) is 6.54 Å². The molecule has 2 saturated carbocycles. The summed E-state index contributed by atoms with van der Waals surface area (Å²) in [5.41, 5.74) is 2.02. The lowest BCUT2D eigenvalue weighted by molar-refractivity contribution is 0.402. The number of furan rings is 1. The maximum absolute atomic E-state index is 5.53. The smallest absolute Gasteiger partial charge is 0.105 e. The van der Waals surface area contributed by atoms with Crippen molar-refractivity contribution < 1.29 is 4.42 Å². The van der Waals surface area contributed by atoms with E-state index < -0.39 is 0 Å². The van der Waals surface area contributed by atoms with Crippen molar-refractivity contribution in [3.63, 3.8) is 0 Å². The Morgan fingerprint density at radius 2 is 2.12 bits per heavy atom. The average Bonchev–Trinajstić information content (AvgIpc) is 3.10. The van der Waals surface area contributed by atoms with E-state index in [1.54, 1.807) is 0 Å². The van der Waals surface area contributed by atoms with E-state index in [0.717, 1.165) is 24.0 Å². The highest BCUT2D eigenvalue weighted by Gasteiger charge is 2.53. The fraction of sp³-hybridized carbons (Fsp3) is 0.714. The van der Waals surface area contributed by atoms with Crippen molar-refractivity contribution >= 4 is 0 Å². The van der Waals surface area contributed by atoms with Crippen LogP contribution in [0.2, 0.25) is 0 Å². The molecule has 0 atom stereocenters. The summed E-state index contributed by atoms with van der Waals surface area (Å²) in [7, 11) is 0. The van der Waals surface area contributed by atoms with Gasteiger partial charge in [0.1, 0.15) is 11.5 Å². The summed E-state index contributed by atoms with van der Waals surface area (Å²) in [5.74, 6) is 3.14. The van der Waals surface area contributed by atoms with Gasteiger partial charge in [0.2, 0.25) is 0 Å². The number of hydrogen-bond acceptors (Lipinski definition) is 2. The predicted octanol–water partition coefficient (Wildman–Crippen LogP) is 3.18. The van der Waals surface area contributed by atoms with Gasteiger partial charge in [-0.05, 0) is 56.9 Å². The molecule has 0 spiro atoms. The van der Waals surface area contributed by atoms with E-state index in [1.807, 2.05) is 6.92 Å². The summed E-state index contributed by atoms with van der Waals surface area (Å²) in [6.07, 6.45) is 5.86. The molecule has 0 unspecified atom stereocenters. The van der Waals surface area contributed by atoms with Gasteiger partial charge in [0.05, 0.1) is 0 Å². The second-order valence-electron chi connectivity index (χ2n) is 5.68. The first-order valence-electron chi connectivity index (χ1n) is 6.46. The van der Waals surface area contributed by atoms with E-state index in [4.69, 9.17) is 4.42 Å². The minimum Gasteiger partial charge on any atom is -0.466 e. The van der Waals surface area contributed by atoms with E-state index >= 15 is 0 Å². The second-order valence-corrected chi connectivity index (χ2v) is 5.68. The van der Waals surface area contributed by atoms with Gasteiger partial charge in [0.15, 0.2) is 0 Å². The molecule has 0 bridgehead atoms. The molecular weight excluding hydrogens is 198 g/mol. The highest BCUT2D eigenvalue weighted by atomic mass is 16.3. The van der Waals surface area contributed by atoms with E-state index in [2.05, 4.69) is 18.3 Å². The molecule has 2 aliphatic rings. The minimum absolute atomic E-state index is 0.701. The zero-order valence-electron chi connectivity index (χ0n) is 10.3. The van der Waals surface area contributed by atoms with Gasteiger partial charge in [-0.25, -0.2) is 0 Å². The van der Waals surface area contributed by atoms with Gasteiger partial charge in [-0.1, -0.05) is 0 Å². The first-order valence-corrected chi connectivity index (χ1v) is 6.46. The van der Waals surface area contributed by atoms with Crippen LogP contribution in [0, 0.1) is 25.2 Å². The van der Waals surface area contributed by atoms with Crippen molar-refractivity contribution in [2.75, 3.05) is 6.54 Å². The van der Waals surface area contributed by atoms with Crippen molar-refractivity contribution in [2.24, 2.45) is 11.3 Å². The Hall–Kier alpha value is -0.760. The zero-order chi connectivity index (χ0) is 11.2. The van der Waals surface area contributed by atoms with E-state index in [0.29, 0.717) is 5.41 Å². The summed E-state index contributed by atoms with van der Waals surface area (Å²) in [5, 5.41) is 3.62. The van der Waals surface area contributed by atoms with Crippen molar-refractivity contribution in [3.8, 4) is 0 Å². The summed E-state index contributed by atoms with van der Waals surface area (Å²) < 4.78 is 5.53. The molecule has 2 heteroatoms. The van der Waals surface area contributed by atoms with Crippen LogP contribution in [0.4, 0.5) is 0 Å². The quantitative estimate of drug-likeness (QED) is 0.822. The molecule has 2 aliphatic carbocycles. The van der Waals surface area contributed by atoms with Crippen LogP contribution < -0.4 is 5.32 Å². The molecule has 0 aliphatic heterocycles. The largest absolute Gasteiger partial charge is 0.466 e. The summed E-state index contributed by atoms with van der Waals surface area (Å²) in [6, 6.07) is 2.15. The first-order chi connectivity index (χ1) is 7.70. The van der Waals surface area contributed by atoms with Crippen molar-refractivity contribution in [1.82, 2.24) is 5.32 Å². The van der Waals surface area contributed by atoms with Gasteiger partial charge >= 0.3 is 0 Å². The Bertz CT molecular complexity index is 385. The standard InChI is InChI=1S/C14H21NO/c1-10-7-12(11(2)16-10)8-15-9-14(5-6-14)13-3-4-13/h7,13,15H,3-6,8-9H2,1-2H3. The van der Waals surface area contributed by atoms with Crippen molar-refractivity contribution in [3.05, 3.63) is 23.2 Å². The monoisotopic (exact) mass is 219 g/mol. The van der Waals surface area contributed by atoms with E-state index in [1.165, 1.54) is 37.8 Å². The SMILES string of the molecule is Cc1cc(CNCC2(C3CC3)CC2)c(C)o1. The maximum atomic E-state index is 5.53. The Morgan fingerprint density at radius 3 is 2.62 bits per heavy atom. The van der Waals surface area contributed by atoms with Gasteiger partial charge in [0.25, 0.3) is 0 Å². The second kappa shape index (κ2) is 3.63. The Labute approximate surface area is 97.4 Å². The van der Waals surface area contributed by atoms with Crippen LogP contribution in [0.3, 0.4) is 0 Å². The molecule has 0 radical (unpaired) electrons. The maximum Gasteiger partial charge on any atom is 0.105 e. The molecule has 2 fully saturated rings. The van der Waals surface area contributed by atoms with Crippen LogP contribution in [0.25, 0.3) is 0 Å². The third-order valence-electron chi connectivity index (χ3n) is 4.27. The lowest BCUT2D eigenvalue weighted by Gasteiger charge is -2.14. The molecule has 3 rings (SSSR count). The Balaban J connectivity index is 1.51. The van der Waals surface area contributed by atoms with Gasteiger partial charge in [0, 0.05) is 18.7 Å². The zero-order valence-corrected chi connectivity index (χ0v) is 10.3. The fourth-order valence-electron chi connectivity index (χ4n) is 2.89. The van der Waals surface area contributed by atoms with E-state index in [9.17, 15) is 0 Å². The summed E-state index contributed by atoms with van der Waals surface area (Å²) in [4.78, 5) is 0. The Kier molecular flexibility index (Phi) is 2.36. The third kappa shape index (κ3) is 1.91. The van der Waals surface area contributed by atoms with E-state index in [-0.39, 0.29) is 0 Å².